The average Bonchev–Trinajstić information content (AvgIpc) is 2.27. The molecule has 2 rings (SSSR count). The molecule has 0 spiro atoms. The molecule has 5 heteroatoms. The third kappa shape index (κ3) is 2.26. The molecule has 2 aromatic rings. The Kier molecular flexibility index (Phi) is 3.27. The van der Waals surface area contributed by atoms with Crippen LogP contribution in [0.15, 0.2) is 24.4 Å². The second-order valence-corrected chi connectivity index (χ2v) is 4.13. The Morgan fingerprint density at radius 1 is 1.31 bits per heavy atom. The van der Waals surface area contributed by atoms with E-state index in [2.05, 4.69) is 10.3 Å². The van der Waals surface area contributed by atoms with Crippen LogP contribution in [0.3, 0.4) is 0 Å². The molecule has 0 unspecified atom stereocenters. The van der Waals surface area contributed by atoms with E-state index < -0.39 is 0 Å². The number of carbonyl (C=O) groups excluding carboxylic acids is 1. The lowest BCUT2D eigenvalue weighted by molar-refractivity contribution is -0.109. The fourth-order valence-electron chi connectivity index (χ4n) is 1.46. The molecule has 1 amide bonds. The van der Waals surface area contributed by atoms with E-state index in [-0.39, 0.29) is 0 Å². The highest BCUT2D eigenvalue weighted by atomic mass is 35.5. The number of hydrogen-bond donors (Lipinski definition) is 1. The maximum atomic E-state index is 10.2. The van der Waals surface area contributed by atoms with Gasteiger partial charge >= 0.3 is 0 Å². The largest absolute Gasteiger partial charge is 0.355 e. The number of carbonyl (C=O) groups is 1. The maximum absolute atomic E-state index is 10.2. The fourth-order valence-corrected chi connectivity index (χ4v) is 1.85. The number of rotatable bonds is 3. The summed E-state index contributed by atoms with van der Waals surface area (Å²) in [5.41, 5.74) is 1.62. The van der Waals surface area contributed by atoms with E-state index in [1.54, 1.807) is 12.3 Å². The van der Waals surface area contributed by atoms with Crippen molar-refractivity contribution in [3.05, 3.63) is 40.0 Å². The standard InChI is InChI=1S/C11H8Cl2N2O/c12-9-2-7-1-8(4-14-6-16)10(13)3-11(7)15-5-9/h1-3,5-6H,4H2,(H,14,16). The normalized spacial score (nSPS) is 10.4. The first-order valence-electron chi connectivity index (χ1n) is 4.61. The van der Waals surface area contributed by atoms with E-state index in [1.807, 2.05) is 12.1 Å². The summed E-state index contributed by atoms with van der Waals surface area (Å²) in [4.78, 5) is 14.4. The number of aromatic nitrogens is 1. The minimum Gasteiger partial charge on any atom is -0.355 e. The SMILES string of the molecule is O=CNCc1cc2cc(Cl)cnc2cc1Cl. The summed E-state index contributed by atoms with van der Waals surface area (Å²) in [5.74, 6) is 0. The zero-order chi connectivity index (χ0) is 11.5. The molecule has 0 bridgehead atoms. The summed E-state index contributed by atoms with van der Waals surface area (Å²) >= 11 is 11.9. The van der Waals surface area contributed by atoms with Crippen LogP contribution < -0.4 is 5.32 Å². The molecule has 3 nitrogen and oxygen atoms in total. The molecule has 1 aromatic heterocycles. The molecule has 0 saturated heterocycles. The van der Waals surface area contributed by atoms with Gasteiger partial charge in [0.05, 0.1) is 10.5 Å². The first-order chi connectivity index (χ1) is 7.70. The molecule has 82 valence electrons. The Balaban J connectivity index is 2.50. The minimum absolute atomic E-state index is 0.394. The lowest BCUT2D eigenvalue weighted by Crippen LogP contribution is -2.10. The van der Waals surface area contributed by atoms with Crippen molar-refractivity contribution < 1.29 is 4.79 Å². The molecule has 1 N–H and O–H groups in total. The molecule has 16 heavy (non-hydrogen) atoms. The van der Waals surface area contributed by atoms with Crippen molar-refractivity contribution in [2.75, 3.05) is 0 Å². The molecular weight excluding hydrogens is 247 g/mol. The topological polar surface area (TPSA) is 42.0 Å². The van der Waals surface area contributed by atoms with Crippen LogP contribution >= 0.6 is 23.2 Å². The summed E-state index contributed by atoms with van der Waals surface area (Å²) < 4.78 is 0. The fraction of sp³-hybridized carbons (Fsp3) is 0.0909. The highest BCUT2D eigenvalue weighted by Crippen LogP contribution is 2.24. The van der Waals surface area contributed by atoms with E-state index in [9.17, 15) is 4.79 Å². The number of benzene rings is 1. The van der Waals surface area contributed by atoms with E-state index >= 15 is 0 Å². The van der Waals surface area contributed by atoms with Crippen LogP contribution in [0.1, 0.15) is 5.56 Å². The molecule has 0 atom stereocenters. The molecular formula is C11H8Cl2N2O. The minimum atomic E-state index is 0.394. The van der Waals surface area contributed by atoms with Crippen molar-refractivity contribution in [1.82, 2.24) is 10.3 Å². The van der Waals surface area contributed by atoms with Crippen molar-refractivity contribution in [1.29, 1.82) is 0 Å². The smallest absolute Gasteiger partial charge is 0.207 e. The van der Waals surface area contributed by atoms with E-state index in [0.717, 1.165) is 16.5 Å². The molecule has 0 aliphatic carbocycles. The third-order valence-corrected chi connectivity index (χ3v) is 2.75. The quantitative estimate of drug-likeness (QED) is 0.857. The van der Waals surface area contributed by atoms with E-state index in [1.165, 1.54) is 0 Å². The first kappa shape index (κ1) is 11.2. The number of pyridine rings is 1. The van der Waals surface area contributed by atoms with Gasteiger partial charge in [-0.05, 0) is 23.8 Å². The highest BCUT2D eigenvalue weighted by Gasteiger charge is 2.04. The zero-order valence-corrected chi connectivity index (χ0v) is 9.72. The van der Waals surface area contributed by atoms with Gasteiger partial charge in [0.25, 0.3) is 0 Å². The van der Waals surface area contributed by atoms with Crippen molar-refractivity contribution in [3.63, 3.8) is 0 Å². The van der Waals surface area contributed by atoms with Crippen molar-refractivity contribution in [2.24, 2.45) is 0 Å². The molecule has 0 saturated carbocycles. The first-order valence-corrected chi connectivity index (χ1v) is 5.37. The summed E-state index contributed by atoms with van der Waals surface area (Å²) in [6.45, 7) is 0.394. The van der Waals surface area contributed by atoms with Gasteiger partial charge in [-0.2, -0.15) is 0 Å². The zero-order valence-electron chi connectivity index (χ0n) is 8.21. The number of hydrogen-bond acceptors (Lipinski definition) is 2. The number of fused-ring (bicyclic) bond motifs is 1. The van der Waals surface area contributed by atoms with Crippen LogP contribution in [0.4, 0.5) is 0 Å². The third-order valence-electron chi connectivity index (χ3n) is 2.19. The molecule has 0 aliphatic rings. The van der Waals surface area contributed by atoms with Crippen molar-refractivity contribution in [2.45, 2.75) is 6.54 Å². The molecule has 0 radical (unpaired) electrons. The number of nitrogens with one attached hydrogen (secondary N) is 1. The summed E-state index contributed by atoms with van der Waals surface area (Å²) in [6.07, 6.45) is 2.21. The van der Waals surface area contributed by atoms with Gasteiger partial charge < -0.3 is 5.32 Å². The molecule has 0 fully saturated rings. The summed E-state index contributed by atoms with van der Waals surface area (Å²) in [6, 6.07) is 5.44. The highest BCUT2D eigenvalue weighted by molar-refractivity contribution is 6.32. The second-order valence-electron chi connectivity index (χ2n) is 3.29. The summed E-state index contributed by atoms with van der Waals surface area (Å²) in [7, 11) is 0. The second kappa shape index (κ2) is 4.68. The van der Waals surface area contributed by atoms with Crippen LogP contribution in [0.25, 0.3) is 10.9 Å². The Bertz CT molecular complexity index is 543. The average molecular weight is 255 g/mol. The number of halogens is 2. The number of amides is 1. The van der Waals surface area contributed by atoms with Gasteiger partial charge in [0, 0.05) is 23.2 Å². The lowest BCUT2D eigenvalue weighted by Gasteiger charge is -2.05. The summed E-state index contributed by atoms with van der Waals surface area (Å²) in [5, 5.41) is 4.62. The Morgan fingerprint density at radius 2 is 2.12 bits per heavy atom. The Hall–Kier alpha value is -1.32. The van der Waals surface area contributed by atoms with Gasteiger partial charge in [-0.1, -0.05) is 23.2 Å². The van der Waals surface area contributed by atoms with E-state index in [0.29, 0.717) is 23.0 Å². The number of nitrogens with zero attached hydrogens (tertiary/aromatic N) is 1. The van der Waals surface area contributed by atoms with Crippen molar-refractivity contribution >= 4 is 40.5 Å². The molecule has 0 aliphatic heterocycles. The van der Waals surface area contributed by atoms with Crippen LogP contribution in [0, 0.1) is 0 Å². The predicted molar refractivity (Wildman–Crippen MR) is 64.7 cm³/mol. The predicted octanol–water partition coefficient (Wildman–Crippen LogP) is 2.79. The van der Waals surface area contributed by atoms with Gasteiger partial charge in [0.1, 0.15) is 0 Å². The molecule has 1 heterocycles. The van der Waals surface area contributed by atoms with Gasteiger partial charge in [0.2, 0.25) is 6.41 Å². The van der Waals surface area contributed by atoms with Gasteiger partial charge in [0.15, 0.2) is 0 Å². The Labute approximate surface area is 102 Å². The van der Waals surface area contributed by atoms with Crippen LogP contribution in [0.5, 0.6) is 0 Å². The van der Waals surface area contributed by atoms with Gasteiger partial charge in [-0.3, -0.25) is 9.78 Å². The molecule has 1 aromatic carbocycles. The van der Waals surface area contributed by atoms with Gasteiger partial charge in [-0.15, -0.1) is 0 Å². The van der Waals surface area contributed by atoms with Crippen LogP contribution in [-0.2, 0) is 11.3 Å². The van der Waals surface area contributed by atoms with Gasteiger partial charge in [-0.25, -0.2) is 0 Å². The van der Waals surface area contributed by atoms with Crippen molar-refractivity contribution in [3.8, 4) is 0 Å². The Morgan fingerprint density at radius 3 is 2.88 bits per heavy atom. The lowest BCUT2D eigenvalue weighted by atomic mass is 10.1. The van der Waals surface area contributed by atoms with E-state index in [4.69, 9.17) is 23.2 Å². The maximum Gasteiger partial charge on any atom is 0.207 e. The van der Waals surface area contributed by atoms with Crippen LogP contribution in [-0.4, -0.2) is 11.4 Å². The monoisotopic (exact) mass is 254 g/mol. The van der Waals surface area contributed by atoms with Crippen LogP contribution in [0.2, 0.25) is 10.0 Å².